The lowest BCUT2D eigenvalue weighted by atomic mass is 10.1. The summed E-state index contributed by atoms with van der Waals surface area (Å²) in [6.45, 7) is 0. The minimum atomic E-state index is -2.81. The molecule has 0 amide bonds. The number of alkyl halides is 2. The van der Waals surface area contributed by atoms with Gasteiger partial charge in [-0.25, -0.2) is 8.78 Å². The van der Waals surface area contributed by atoms with Crippen LogP contribution in [0.15, 0.2) is 34.9 Å². The van der Waals surface area contributed by atoms with Crippen molar-refractivity contribution in [3.05, 3.63) is 47.6 Å². The molecule has 6 heteroatoms. The third-order valence-electron chi connectivity index (χ3n) is 2.39. The number of hydrogen-bond acceptors (Lipinski definition) is 4. The van der Waals surface area contributed by atoms with Gasteiger partial charge >= 0.3 is 0 Å². The van der Waals surface area contributed by atoms with E-state index in [1.165, 1.54) is 0 Å². The van der Waals surface area contributed by atoms with Crippen molar-refractivity contribution in [2.75, 3.05) is 0 Å². The molecule has 0 bridgehead atoms. The Balaban J connectivity index is 1.98. The van der Waals surface area contributed by atoms with Crippen LogP contribution in [0.1, 0.15) is 17.3 Å². The molecule has 0 fully saturated rings. The van der Waals surface area contributed by atoms with Crippen molar-refractivity contribution >= 4 is 0 Å². The average Bonchev–Trinajstić information content (AvgIpc) is 2.77. The van der Waals surface area contributed by atoms with E-state index in [0.29, 0.717) is 12.2 Å². The third kappa shape index (κ3) is 3.33. The predicted octanol–water partition coefficient (Wildman–Crippen LogP) is 1.83. The summed E-state index contributed by atoms with van der Waals surface area (Å²) in [5, 5.41) is 12.7. The fraction of sp³-hybridized carbons (Fsp3) is 0.333. The molecule has 2 aromatic rings. The maximum absolute atomic E-state index is 12.1. The number of nitrogens with zero attached hydrogens (tertiary/aromatic N) is 2. The highest BCUT2D eigenvalue weighted by Crippen LogP contribution is 2.10. The molecular weight excluding hydrogens is 242 g/mol. The van der Waals surface area contributed by atoms with Gasteiger partial charge in [-0.2, -0.15) is 4.98 Å². The van der Waals surface area contributed by atoms with E-state index in [-0.39, 0.29) is 12.3 Å². The lowest BCUT2D eigenvalue weighted by Gasteiger charge is -2.04. The highest BCUT2D eigenvalue weighted by atomic mass is 19.3. The first-order chi connectivity index (χ1) is 8.65. The van der Waals surface area contributed by atoms with Crippen molar-refractivity contribution in [2.24, 2.45) is 0 Å². The number of benzene rings is 1. The summed E-state index contributed by atoms with van der Waals surface area (Å²) in [4.78, 5) is 3.96. The maximum Gasteiger partial charge on any atom is 0.264 e. The van der Waals surface area contributed by atoms with Crippen LogP contribution in [0.4, 0.5) is 8.78 Å². The summed E-state index contributed by atoms with van der Waals surface area (Å²) in [5.41, 5.74) is 0.999. The van der Waals surface area contributed by atoms with Crippen molar-refractivity contribution in [2.45, 2.75) is 25.4 Å². The zero-order valence-corrected chi connectivity index (χ0v) is 9.46. The van der Waals surface area contributed by atoms with E-state index in [1.807, 2.05) is 30.3 Å². The zero-order valence-electron chi connectivity index (χ0n) is 9.46. The van der Waals surface area contributed by atoms with E-state index in [1.54, 1.807) is 0 Å². The van der Waals surface area contributed by atoms with Gasteiger partial charge in [0, 0.05) is 6.42 Å². The fourth-order valence-electron chi connectivity index (χ4n) is 1.49. The van der Waals surface area contributed by atoms with E-state index in [2.05, 4.69) is 10.1 Å². The van der Waals surface area contributed by atoms with E-state index in [9.17, 15) is 8.78 Å². The first-order valence-electron chi connectivity index (χ1n) is 5.47. The molecular formula is C12H12F2N2O2. The smallest absolute Gasteiger partial charge is 0.264 e. The lowest BCUT2D eigenvalue weighted by molar-refractivity contribution is -0.00754. The summed E-state index contributed by atoms with van der Waals surface area (Å²) in [6.07, 6.45) is -4.45. The second-order valence-electron chi connectivity index (χ2n) is 3.87. The van der Waals surface area contributed by atoms with Gasteiger partial charge in [0.1, 0.15) is 6.10 Å². The molecule has 0 radical (unpaired) electrons. The van der Waals surface area contributed by atoms with Crippen molar-refractivity contribution in [1.82, 2.24) is 10.1 Å². The zero-order chi connectivity index (χ0) is 13.0. The highest BCUT2D eigenvalue weighted by Gasteiger charge is 2.20. The monoisotopic (exact) mass is 254 g/mol. The maximum atomic E-state index is 12.1. The van der Waals surface area contributed by atoms with E-state index >= 15 is 0 Å². The molecule has 0 saturated heterocycles. The Morgan fingerprint density at radius 1 is 1.22 bits per heavy atom. The van der Waals surface area contributed by atoms with Crippen LogP contribution in [0.5, 0.6) is 0 Å². The standard InChI is InChI=1S/C12H12F2N2O2/c13-12(14)9(17)7-11-15-10(16-18-11)6-8-4-2-1-3-5-8/h1-5,9,12,17H,6-7H2. The molecule has 1 unspecified atom stereocenters. The van der Waals surface area contributed by atoms with Crippen LogP contribution >= 0.6 is 0 Å². The van der Waals surface area contributed by atoms with E-state index in [4.69, 9.17) is 9.63 Å². The third-order valence-corrected chi connectivity index (χ3v) is 2.39. The van der Waals surface area contributed by atoms with Crippen LogP contribution in [0.3, 0.4) is 0 Å². The molecule has 1 heterocycles. The number of aliphatic hydroxyl groups is 1. The topological polar surface area (TPSA) is 59.2 Å². The highest BCUT2D eigenvalue weighted by molar-refractivity contribution is 5.18. The minimum Gasteiger partial charge on any atom is -0.387 e. The van der Waals surface area contributed by atoms with Gasteiger partial charge in [-0.15, -0.1) is 0 Å². The summed E-state index contributed by atoms with van der Waals surface area (Å²) in [5.74, 6) is 0.436. The van der Waals surface area contributed by atoms with Crippen molar-refractivity contribution in [1.29, 1.82) is 0 Å². The fourth-order valence-corrected chi connectivity index (χ4v) is 1.49. The number of halogens is 2. The van der Waals surface area contributed by atoms with E-state index in [0.717, 1.165) is 5.56 Å². The molecule has 1 atom stereocenters. The molecule has 4 nitrogen and oxygen atoms in total. The number of hydrogen-bond donors (Lipinski definition) is 1. The lowest BCUT2D eigenvalue weighted by Crippen LogP contribution is -2.20. The van der Waals surface area contributed by atoms with Crippen molar-refractivity contribution < 1.29 is 18.4 Å². The Kier molecular flexibility index (Phi) is 3.99. The van der Waals surface area contributed by atoms with Gasteiger partial charge in [-0.1, -0.05) is 35.5 Å². The summed E-state index contributed by atoms with van der Waals surface area (Å²) < 4.78 is 29.1. The van der Waals surface area contributed by atoms with Gasteiger partial charge in [0.2, 0.25) is 5.89 Å². The first-order valence-corrected chi connectivity index (χ1v) is 5.47. The quantitative estimate of drug-likeness (QED) is 0.884. The first kappa shape index (κ1) is 12.6. The summed E-state index contributed by atoms with van der Waals surface area (Å²) >= 11 is 0. The van der Waals surface area contributed by atoms with Crippen LogP contribution < -0.4 is 0 Å². The minimum absolute atomic E-state index is 0.0220. The molecule has 0 spiro atoms. The molecule has 1 aromatic carbocycles. The Morgan fingerprint density at radius 2 is 1.94 bits per heavy atom. The predicted molar refractivity (Wildman–Crippen MR) is 59.3 cm³/mol. The average molecular weight is 254 g/mol. The summed E-state index contributed by atoms with van der Waals surface area (Å²) in [6, 6.07) is 9.48. The van der Waals surface area contributed by atoms with Gasteiger partial charge in [0.25, 0.3) is 6.43 Å². The molecule has 2 rings (SSSR count). The molecule has 0 aliphatic rings. The van der Waals surface area contributed by atoms with Gasteiger partial charge in [-0.05, 0) is 5.56 Å². The molecule has 1 aromatic heterocycles. The van der Waals surface area contributed by atoms with Crippen molar-refractivity contribution in [3.8, 4) is 0 Å². The van der Waals surface area contributed by atoms with Crippen LogP contribution in [-0.4, -0.2) is 27.8 Å². The van der Waals surface area contributed by atoms with Crippen LogP contribution in [-0.2, 0) is 12.8 Å². The second-order valence-corrected chi connectivity index (χ2v) is 3.87. The van der Waals surface area contributed by atoms with Crippen LogP contribution in [0, 0.1) is 0 Å². The number of aromatic nitrogens is 2. The van der Waals surface area contributed by atoms with Gasteiger partial charge < -0.3 is 9.63 Å². The number of rotatable bonds is 5. The molecule has 0 saturated carbocycles. The second kappa shape index (κ2) is 5.68. The van der Waals surface area contributed by atoms with Crippen LogP contribution in [0.2, 0.25) is 0 Å². The Hall–Kier alpha value is -1.82. The van der Waals surface area contributed by atoms with Crippen molar-refractivity contribution in [3.63, 3.8) is 0 Å². The van der Waals surface area contributed by atoms with Gasteiger partial charge in [0.05, 0.1) is 6.42 Å². The molecule has 1 N–H and O–H groups in total. The van der Waals surface area contributed by atoms with Crippen LogP contribution in [0.25, 0.3) is 0 Å². The Labute approximate surface area is 102 Å². The SMILES string of the molecule is OC(Cc1nc(Cc2ccccc2)no1)C(F)F. The molecule has 18 heavy (non-hydrogen) atoms. The van der Waals surface area contributed by atoms with Gasteiger partial charge in [-0.3, -0.25) is 0 Å². The largest absolute Gasteiger partial charge is 0.387 e. The Bertz CT molecular complexity index is 488. The summed E-state index contributed by atoms with van der Waals surface area (Å²) in [7, 11) is 0. The van der Waals surface area contributed by atoms with E-state index < -0.39 is 12.5 Å². The number of aliphatic hydroxyl groups excluding tert-OH is 1. The molecule has 96 valence electrons. The molecule has 0 aliphatic carbocycles. The molecule has 0 aliphatic heterocycles. The van der Waals surface area contributed by atoms with Gasteiger partial charge in [0.15, 0.2) is 5.82 Å². The normalized spacial score (nSPS) is 12.9. The Morgan fingerprint density at radius 3 is 2.61 bits per heavy atom.